The molecule has 2 unspecified atom stereocenters. The molecule has 0 aromatic rings. The van der Waals surface area contributed by atoms with Crippen LogP contribution in [0.25, 0.3) is 0 Å². The average molecular weight is 219 g/mol. The Morgan fingerprint density at radius 3 is 2.47 bits per heavy atom. The Balaban J connectivity index is 3.82. The van der Waals surface area contributed by atoms with Crippen LogP contribution in [0.5, 0.6) is 0 Å². The number of carboxylic acid groups (broad SMARTS) is 1. The topological polar surface area (TPSA) is 78.8 Å². The van der Waals surface area contributed by atoms with Gasteiger partial charge in [0.05, 0.1) is 19.1 Å². The quantitative estimate of drug-likeness (QED) is 0.539. The Bertz CT molecular complexity index is 184. The number of aliphatic hydroxyl groups is 1. The van der Waals surface area contributed by atoms with Crippen molar-refractivity contribution in [2.24, 2.45) is 5.92 Å². The fourth-order valence-electron chi connectivity index (χ4n) is 1.23. The lowest BCUT2D eigenvalue weighted by molar-refractivity contribution is -0.139. The molecule has 0 rings (SSSR count). The second kappa shape index (κ2) is 7.62. The maximum absolute atomic E-state index is 10.3. The summed E-state index contributed by atoms with van der Waals surface area (Å²) in [6.07, 6.45) is -1.08. The molecule has 0 spiro atoms. The predicted molar refractivity (Wildman–Crippen MR) is 56.8 cm³/mol. The summed E-state index contributed by atoms with van der Waals surface area (Å²) in [6.45, 7) is 4.91. The molecule has 0 saturated carbocycles. The Hall–Kier alpha value is -0.650. The number of carbonyl (C=O) groups is 1. The van der Waals surface area contributed by atoms with Crippen molar-refractivity contribution in [2.75, 3.05) is 20.3 Å². The Morgan fingerprint density at radius 1 is 1.47 bits per heavy atom. The molecule has 90 valence electrons. The lowest BCUT2D eigenvalue weighted by Crippen LogP contribution is -2.42. The number of aliphatic hydroxyl groups excluding tert-OH is 1. The van der Waals surface area contributed by atoms with E-state index in [-0.39, 0.29) is 19.0 Å². The van der Waals surface area contributed by atoms with Crippen LogP contribution in [0, 0.1) is 5.92 Å². The van der Waals surface area contributed by atoms with Crippen molar-refractivity contribution in [3.63, 3.8) is 0 Å². The van der Waals surface area contributed by atoms with Gasteiger partial charge in [-0.1, -0.05) is 13.8 Å². The van der Waals surface area contributed by atoms with E-state index in [9.17, 15) is 9.90 Å². The number of hydrogen-bond donors (Lipinski definition) is 3. The Labute approximate surface area is 90.4 Å². The lowest BCUT2D eigenvalue weighted by atomic mass is 10.1. The number of nitrogens with one attached hydrogen (secondary N) is 1. The lowest BCUT2D eigenvalue weighted by Gasteiger charge is -2.22. The molecule has 2 atom stereocenters. The van der Waals surface area contributed by atoms with Crippen LogP contribution in [0.15, 0.2) is 0 Å². The maximum Gasteiger partial charge on any atom is 0.306 e. The number of hydrogen-bond acceptors (Lipinski definition) is 4. The van der Waals surface area contributed by atoms with Crippen molar-refractivity contribution in [2.45, 2.75) is 32.4 Å². The molecule has 0 saturated heterocycles. The smallest absolute Gasteiger partial charge is 0.306 e. The van der Waals surface area contributed by atoms with Crippen LogP contribution in [0.1, 0.15) is 20.3 Å². The predicted octanol–water partition coefficient (Wildman–Crippen LogP) is 0.0826. The molecule has 0 fully saturated rings. The van der Waals surface area contributed by atoms with E-state index in [1.165, 1.54) is 0 Å². The van der Waals surface area contributed by atoms with Crippen molar-refractivity contribution in [3.05, 3.63) is 0 Å². The van der Waals surface area contributed by atoms with Gasteiger partial charge in [-0.25, -0.2) is 0 Å². The Morgan fingerprint density at radius 2 is 2.07 bits per heavy atom. The largest absolute Gasteiger partial charge is 0.481 e. The maximum atomic E-state index is 10.3. The van der Waals surface area contributed by atoms with E-state index in [2.05, 4.69) is 5.32 Å². The van der Waals surface area contributed by atoms with Gasteiger partial charge in [0.15, 0.2) is 0 Å². The molecule has 5 heteroatoms. The first-order valence-electron chi connectivity index (χ1n) is 5.09. The molecule has 15 heavy (non-hydrogen) atoms. The van der Waals surface area contributed by atoms with Gasteiger partial charge in [0.2, 0.25) is 0 Å². The van der Waals surface area contributed by atoms with Crippen LogP contribution in [0.4, 0.5) is 0 Å². The van der Waals surface area contributed by atoms with E-state index in [1.807, 2.05) is 13.8 Å². The summed E-state index contributed by atoms with van der Waals surface area (Å²) < 4.78 is 5.02. The van der Waals surface area contributed by atoms with E-state index in [4.69, 9.17) is 9.84 Å². The molecule has 0 bridgehead atoms. The van der Waals surface area contributed by atoms with Gasteiger partial charge in [0, 0.05) is 19.7 Å². The van der Waals surface area contributed by atoms with Crippen molar-refractivity contribution < 1.29 is 19.7 Å². The standard InChI is InChI=1S/C10H21NO4/c1-7(2)9(6-15-3)11-5-8(12)4-10(13)14/h7-9,11-12H,4-6H2,1-3H3,(H,13,14). The molecule has 0 aliphatic heterocycles. The molecule has 0 aliphatic rings. The third kappa shape index (κ3) is 7.30. The molecule has 3 N–H and O–H groups in total. The summed E-state index contributed by atoms with van der Waals surface area (Å²) in [7, 11) is 1.62. The van der Waals surface area contributed by atoms with Gasteiger partial charge in [-0.3, -0.25) is 4.79 Å². The first-order valence-corrected chi connectivity index (χ1v) is 5.09. The van der Waals surface area contributed by atoms with Gasteiger partial charge in [-0.2, -0.15) is 0 Å². The molecular weight excluding hydrogens is 198 g/mol. The fraction of sp³-hybridized carbons (Fsp3) is 0.900. The molecule has 0 aromatic heterocycles. The third-order valence-electron chi connectivity index (χ3n) is 2.18. The van der Waals surface area contributed by atoms with Crippen LogP contribution in [-0.4, -0.2) is 48.6 Å². The van der Waals surface area contributed by atoms with E-state index < -0.39 is 12.1 Å². The highest BCUT2D eigenvalue weighted by atomic mass is 16.5. The Kier molecular flexibility index (Phi) is 7.29. The number of ether oxygens (including phenoxy) is 1. The van der Waals surface area contributed by atoms with E-state index >= 15 is 0 Å². The van der Waals surface area contributed by atoms with Crippen LogP contribution >= 0.6 is 0 Å². The normalized spacial score (nSPS) is 15.3. The summed E-state index contributed by atoms with van der Waals surface area (Å²) in [5.41, 5.74) is 0. The molecule has 0 aliphatic carbocycles. The van der Waals surface area contributed by atoms with Gasteiger partial charge in [-0.15, -0.1) is 0 Å². The summed E-state index contributed by atoms with van der Waals surface area (Å²) in [5, 5.41) is 20.9. The molecule has 0 amide bonds. The number of carboxylic acids is 1. The van der Waals surface area contributed by atoms with Crippen LogP contribution < -0.4 is 5.32 Å². The highest BCUT2D eigenvalue weighted by molar-refractivity contribution is 5.67. The monoisotopic (exact) mass is 219 g/mol. The van der Waals surface area contributed by atoms with E-state index in [1.54, 1.807) is 7.11 Å². The van der Waals surface area contributed by atoms with Gasteiger partial charge < -0.3 is 20.3 Å². The van der Waals surface area contributed by atoms with Crippen molar-refractivity contribution in [3.8, 4) is 0 Å². The number of rotatable bonds is 8. The average Bonchev–Trinajstić information content (AvgIpc) is 2.10. The second-order valence-electron chi connectivity index (χ2n) is 3.97. The molecule has 5 nitrogen and oxygen atoms in total. The molecular formula is C10H21NO4. The third-order valence-corrected chi connectivity index (χ3v) is 2.18. The van der Waals surface area contributed by atoms with Crippen LogP contribution in [0.3, 0.4) is 0 Å². The van der Waals surface area contributed by atoms with Crippen molar-refractivity contribution >= 4 is 5.97 Å². The SMILES string of the molecule is COCC(NCC(O)CC(=O)O)C(C)C. The minimum atomic E-state index is -0.989. The minimum absolute atomic E-state index is 0.137. The summed E-state index contributed by atoms with van der Waals surface area (Å²) in [5.74, 6) is -0.612. The van der Waals surface area contributed by atoms with Gasteiger partial charge in [-0.05, 0) is 5.92 Å². The summed E-state index contributed by atoms with van der Waals surface area (Å²) in [4.78, 5) is 10.3. The van der Waals surface area contributed by atoms with Crippen LogP contribution in [0.2, 0.25) is 0 Å². The number of aliphatic carboxylic acids is 1. The zero-order valence-electron chi connectivity index (χ0n) is 9.56. The highest BCUT2D eigenvalue weighted by Gasteiger charge is 2.15. The fourth-order valence-corrected chi connectivity index (χ4v) is 1.23. The van der Waals surface area contributed by atoms with E-state index in [0.29, 0.717) is 12.5 Å². The molecule has 0 radical (unpaired) electrons. The molecule has 0 heterocycles. The second-order valence-corrected chi connectivity index (χ2v) is 3.97. The summed E-state index contributed by atoms with van der Waals surface area (Å²) >= 11 is 0. The van der Waals surface area contributed by atoms with Crippen molar-refractivity contribution in [1.82, 2.24) is 5.32 Å². The number of methoxy groups -OCH3 is 1. The summed E-state index contributed by atoms with van der Waals surface area (Å²) in [6, 6.07) is 0.137. The molecule has 0 aromatic carbocycles. The van der Waals surface area contributed by atoms with Gasteiger partial charge in [0.1, 0.15) is 0 Å². The zero-order chi connectivity index (χ0) is 11.8. The highest BCUT2D eigenvalue weighted by Crippen LogP contribution is 2.02. The first kappa shape index (κ1) is 14.3. The van der Waals surface area contributed by atoms with Crippen LogP contribution in [-0.2, 0) is 9.53 Å². The first-order chi connectivity index (χ1) is 6.97. The van der Waals surface area contributed by atoms with Gasteiger partial charge >= 0.3 is 5.97 Å². The van der Waals surface area contributed by atoms with Gasteiger partial charge in [0.25, 0.3) is 0 Å². The van der Waals surface area contributed by atoms with E-state index in [0.717, 1.165) is 0 Å². The zero-order valence-corrected chi connectivity index (χ0v) is 9.56. The minimum Gasteiger partial charge on any atom is -0.481 e. The van der Waals surface area contributed by atoms with Crippen molar-refractivity contribution in [1.29, 1.82) is 0 Å².